The van der Waals surface area contributed by atoms with Gasteiger partial charge in [-0.2, -0.15) is 0 Å². The molecule has 1 saturated heterocycles. The van der Waals surface area contributed by atoms with Crippen LogP contribution in [0.25, 0.3) is 0 Å². The molecule has 4 nitrogen and oxygen atoms in total. The van der Waals surface area contributed by atoms with Gasteiger partial charge in [0.05, 0.1) is 0 Å². The van der Waals surface area contributed by atoms with E-state index in [1.165, 1.54) is 0 Å². The van der Waals surface area contributed by atoms with E-state index in [4.69, 9.17) is 0 Å². The summed E-state index contributed by atoms with van der Waals surface area (Å²) >= 11 is 0. The van der Waals surface area contributed by atoms with E-state index >= 15 is 0 Å². The molecule has 2 aromatic rings. The van der Waals surface area contributed by atoms with E-state index in [-0.39, 0.29) is 5.91 Å². The topological polar surface area (TPSA) is 43.8 Å². The Morgan fingerprint density at radius 1 is 1.21 bits per heavy atom. The second-order valence-corrected chi connectivity index (χ2v) is 6.33. The molecule has 1 amide bonds. The lowest BCUT2D eigenvalue weighted by Gasteiger charge is -2.26. The first kappa shape index (κ1) is 16.4. The summed E-state index contributed by atoms with van der Waals surface area (Å²) in [6.07, 6.45) is 1.02. The summed E-state index contributed by atoms with van der Waals surface area (Å²) in [5.41, 5.74) is 1.80. The quantitative estimate of drug-likeness (QED) is 0.917. The van der Waals surface area contributed by atoms with E-state index in [1.54, 1.807) is 12.1 Å². The minimum atomic E-state index is 0.124. The Labute approximate surface area is 143 Å². The van der Waals surface area contributed by atoms with Gasteiger partial charge < -0.3 is 14.9 Å². The number of hydrogen-bond donors (Lipinski definition) is 1. The van der Waals surface area contributed by atoms with E-state index in [0.29, 0.717) is 11.7 Å². The highest BCUT2D eigenvalue weighted by Crippen LogP contribution is 2.24. The van der Waals surface area contributed by atoms with Gasteiger partial charge in [0, 0.05) is 43.5 Å². The van der Waals surface area contributed by atoms with Crippen LogP contribution in [0.1, 0.15) is 23.7 Å². The summed E-state index contributed by atoms with van der Waals surface area (Å²) in [6.45, 7) is 5.51. The number of phenolic OH excluding ortho intramolecular Hbond substituents is 1. The number of carbonyl (C=O) groups is 1. The summed E-state index contributed by atoms with van der Waals surface area (Å²) in [5, 5.41) is 9.68. The van der Waals surface area contributed by atoms with Crippen LogP contribution in [-0.4, -0.2) is 42.1 Å². The largest absolute Gasteiger partial charge is 0.508 e. The zero-order chi connectivity index (χ0) is 16.9. The van der Waals surface area contributed by atoms with Crippen LogP contribution in [0.5, 0.6) is 5.75 Å². The average molecular weight is 324 g/mol. The van der Waals surface area contributed by atoms with Crippen molar-refractivity contribution in [1.29, 1.82) is 0 Å². The van der Waals surface area contributed by atoms with Crippen LogP contribution >= 0.6 is 0 Å². The molecule has 0 bridgehead atoms. The van der Waals surface area contributed by atoms with E-state index < -0.39 is 0 Å². The second kappa shape index (κ2) is 7.39. The van der Waals surface area contributed by atoms with Gasteiger partial charge >= 0.3 is 0 Å². The molecule has 1 atom stereocenters. The van der Waals surface area contributed by atoms with Crippen molar-refractivity contribution in [2.24, 2.45) is 5.92 Å². The molecule has 1 fully saturated rings. The Morgan fingerprint density at radius 3 is 2.71 bits per heavy atom. The SMILES string of the molecule is CCN(C[C@H]1CCN(C(=O)c2ccccc2)C1)c1cccc(O)c1. The minimum absolute atomic E-state index is 0.124. The van der Waals surface area contributed by atoms with Gasteiger partial charge in [-0.3, -0.25) is 4.79 Å². The first-order valence-electron chi connectivity index (χ1n) is 8.55. The zero-order valence-corrected chi connectivity index (χ0v) is 14.1. The third kappa shape index (κ3) is 3.70. The number of anilines is 1. The normalized spacial score (nSPS) is 17.0. The van der Waals surface area contributed by atoms with Gasteiger partial charge in [0.1, 0.15) is 5.75 Å². The Kier molecular flexibility index (Phi) is 5.04. The minimum Gasteiger partial charge on any atom is -0.508 e. The predicted molar refractivity (Wildman–Crippen MR) is 96.4 cm³/mol. The van der Waals surface area contributed by atoms with Crippen LogP contribution in [-0.2, 0) is 0 Å². The number of phenols is 1. The number of carbonyl (C=O) groups excluding carboxylic acids is 1. The molecule has 126 valence electrons. The van der Waals surface area contributed by atoms with Gasteiger partial charge in [-0.1, -0.05) is 24.3 Å². The molecule has 4 heteroatoms. The summed E-state index contributed by atoms with van der Waals surface area (Å²) < 4.78 is 0. The van der Waals surface area contributed by atoms with E-state index in [9.17, 15) is 9.90 Å². The number of aromatic hydroxyl groups is 1. The molecule has 1 N–H and O–H groups in total. The van der Waals surface area contributed by atoms with Crippen molar-refractivity contribution in [3.63, 3.8) is 0 Å². The number of rotatable bonds is 5. The molecule has 1 aliphatic heterocycles. The number of likely N-dealkylation sites (tertiary alicyclic amines) is 1. The molecule has 2 aromatic carbocycles. The van der Waals surface area contributed by atoms with Gasteiger partial charge in [0.15, 0.2) is 0 Å². The summed E-state index contributed by atoms with van der Waals surface area (Å²) in [4.78, 5) is 16.8. The molecule has 24 heavy (non-hydrogen) atoms. The van der Waals surface area contributed by atoms with Crippen molar-refractivity contribution >= 4 is 11.6 Å². The van der Waals surface area contributed by atoms with E-state index in [0.717, 1.165) is 43.9 Å². The number of nitrogens with zero attached hydrogens (tertiary/aromatic N) is 2. The fourth-order valence-corrected chi connectivity index (χ4v) is 3.35. The summed E-state index contributed by atoms with van der Waals surface area (Å²) in [7, 11) is 0. The highest BCUT2D eigenvalue weighted by Gasteiger charge is 2.28. The molecule has 1 heterocycles. The maximum absolute atomic E-state index is 12.5. The number of amides is 1. The maximum atomic E-state index is 12.5. The third-order valence-electron chi connectivity index (χ3n) is 4.65. The van der Waals surface area contributed by atoms with Crippen molar-refractivity contribution in [2.75, 3.05) is 31.1 Å². The molecule has 3 rings (SSSR count). The number of hydrogen-bond acceptors (Lipinski definition) is 3. The van der Waals surface area contributed by atoms with Crippen molar-refractivity contribution in [3.05, 3.63) is 60.2 Å². The van der Waals surface area contributed by atoms with Crippen LogP contribution < -0.4 is 4.90 Å². The van der Waals surface area contributed by atoms with Crippen LogP contribution in [0, 0.1) is 5.92 Å². The lowest BCUT2D eigenvalue weighted by molar-refractivity contribution is 0.0787. The Morgan fingerprint density at radius 2 is 2.00 bits per heavy atom. The third-order valence-corrected chi connectivity index (χ3v) is 4.65. The molecular formula is C20H24N2O2. The van der Waals surface area contributed by atoms with Crippen molar-refractivity contribution in [2.45, 2.75) is 13.3 Å². The zero-order valence-electron chi connectivity index (χ0n) is 14.1. The van der Waals surface area contributed by atoms with E-state index in [1.807, 2.05) is 47.4 Å². The summed E-state index contributed by atoms with van der Waals surface area (Å²) in [6, 6.07) is 16.9. The van der Waals surface area contributed by atoms with E-state index in [2.05, 4.69) is 11.8 Å². The Balaban J connectivity index is 1.62. The van der Waals surface area contributed by atoms with Crippen LogP contribution in [0.4, 0.5) is 5.69 Å². The van der Waals surface area contributed by atoms with Crippen molar-refractivity contribution < 1.29 is 9.90 Å². The van der Waals surface area contributed by atoms with Crippen molar-refractivity contribution in [3.8, 4) is 5.75 Å². The van der Waals surface area contributed by atoms with Gasteiger partial charge in [-0.05, 0) is 43.5 Å². The van der Waals surface area contributed by atoms with Gasteiger partial charge in [-0.25, -0.2) is 0 Å². The molecule has 0 unspecified atom stereocenters. The van der Waals surface area contributed by atoms with Crippen LogP contribution in [0.3, 0.4) is 0 Å². The molecule has 1 aliphatic rings. The highest BCUT2D eigenvalue weighted by molar-refractivity contribution is 5.94. The van der Waals surface area contributed by atoms with Crippen molar-refractivity contribution in [1.82, 2.24) is 4.90 Å². The number of benzene rings is 2. The molecular weight excluding hydrogens is 300 g/mol. The smallest absolute Gasteiger partial charge is 0.253 e. The molecule has 0 radical (unpaired) electrons. The standard InChI is InChI=1S/C20H24N2O2/c1-2-21(18-9-6-10-19(23)13-18)14-16-11-12-22(15-16)20(24)17-7-4-3-5-8-17/h3-10,13,16,23H,2,11-12,14-15H2,1H3/t16-/m1/s1. The summed E-state index contributed by atoms with van der Waals surface area (Å²) in [5.74, 6) is 0.872. The predicted octanol–water partition coefficient (Wildman–Crippen LogP) is 3.38. The molecule has 0 saturated carbocycles. The fraction of sp³-hybridized carbons (Fsp3) is 0.350. The lowest BCUT2D eigenvalue weighted by Crippen LogP contribution is -2.33. The molecule has 0 spiro atoms. The highest BCUT2D eigenvalue weighted by atomic mass is 16.3. The Hall–Kier alpha value is -2.49. The van der Waals surface area contributed by atoms with Gasteiger partial charge in [0.25, 0.3) is 5.91 Å². The Bertz CT molecular complexity index is 687. The van der Waals surface area contributed by atoms with Gasteiger partial charge in [0.2, 0.25) is 0 Å². The monoisotopic (exact) mass is 324 g/mol. The molecule has 0 aromatic heterocycles. The fourth-order valence-electron chi connectivity index (χ4n) is 3.35. The van der Waals surface area contributed by atoms with Crippen LogP contribution in [0.15, 0.2) is 54.6 Å². The first-order valence-corrected chi connectivity index (χ1v) is 8.55. The first-order chi connectivity index (χ1) is 11.7. The van der Waals surface area contributed by atoms with Gasteiger partial charge in [-0.15, -0.1) is 0 Å². The maximum Gasteiger partial charge on any atom is 0.253 e. The second-order valence-electron chi connectivity index (χ2n) is 6.33. The average Bonchev–Trinajstić information content (AvgIpc) is 3.08. The lowest BCUT2D eigenvalue weighted by atomic mass is 10.1. The van der Waals surface area contributed by atoms with Crippen LogP contribution in [0.2, 0.25) is 0 Å². The molecule has 0 aliphatic carbocycles.